The van der Waals surface area contributed by atoms with E-state index in [1.54, 1.807) is 0 Å². The van der Waals surface area contributed by atoms with Crippen LogP contribution in [-0.4, -0.2) is 52.9 Å². The SMILES string of the molecule is O=C(c1cccc2ccccc12)c1nc(CCN2CCOCC2)n2ccccc12. The highest BCUT2D eigenvalue weighted by Crippen LogP contribution is 2.24. The van der Waals surface area contributed by atoms with Crippen LogP contribution in [0.3, 0.4) is 0 Å². The van der Waals surface area contributed by atoms with Crippen molar-refractivity contribution in [3.05, 3.63) is 83.9 Å². The molecule has 1 aliphatic heterocycles. The van der Waals surface area contributed by atoms with Crippen molar-refractivity contribution in [3.63, 3.8) is 0 Å². The zero-order valence-corrected chi connectivity index (χ0v) is 16.3. The Morgan fingerprint density at radius 2 is 1.76 bits per heavy atom. The second kappa shape index (κ2) is 7.78. The molecule has 0 radical (unpaired) electrons. The summed E-state index contributed by atoms with van der Waals surface area (Å²) in [6.45, 7) is 4.38. The standard InChI is InChI=1S/C24H23N3O2/c28-24(20-9-5-7-18-6-1-2-8-19(18)20)23-21-10-3-4-12-27(21)22(25-23)11-13-26-14-16-29-17-15-26/h1-10,12H,11,13-17H2. The first kappa shape index (κ1) is 18.0. The number of hydrogen-bond acceptors (Lipinski definition) is 4. The summed E-state index contributed by atoms with van der Waals surface area (Å²) >= 11 is 0. The molecule has 5 rings (SSSR count). The zero-order valence-electron chi connectivity index (χ0n) is 16.3. The van der Waals surface area contributed by atoms with Crippen LogP contribution in [-0.2, 0) is 11.2 Å². The van der Waals surface area contributed by atoms with Crippen LogP contribution in [0.4, 0.5) is 0 Å². The Bertz CT molecular complexity index is 1170. The van der Waals surface area contributed by atoms with Gasteiger partial charge in [0.2, 0.25) is 5.78 Å². The molecule has 0 atom stereocenters. The molecule has 2 aromatic carbocycles. The number of carbonyl (C=O) groups excluding carboxylic acids is 1. The van der Waals surface area contributed by atoms with Crippen LogP contribution < -0.4 is 0 Å². The lowest BCUT2D eigenvalue weighted by Gasteiger charge is -2.26. The van der Waals surface area contributed by atoms with Crippen molar-refractivity contribution < 1.29 is 9.53 Å². The number of morpholine rings is 1. The lowest BCUT2D eigenvalue weighted by molar-refractivity contribution is 0.0382. The van der Waals surface area contributed by atoms with Gasteiger partial charge in [-0.1, -0.05) is 48.5 Å². The molecule has 2 aromatic heterocycles. The maximum atomic E-state index is 13.5. The van der Waals surface area contributed by atoms with Gasteiger partial charge in [-0.25, -0.2) is 4.98 Å². The van der Waals surface area contributed by atoms with Gasteiger partial charge < -0.3 is 9.14 Å². The Balaban J connectivity index is 1.52. The molecule has 0 spiro atoms. The van der Waals surface area contributed by atoms with Gasteiger partial charge in [0, 0.05) is 37.8 Å². The molecule has 5 nitrogen and oxygen atoms in total. The Morgan fingerprint density at radius 1 is 0.966 bits per heavy atom. The van der Waals surface area contributed by atoms with Gasteiger partial charge in [0.05, 0.1) is 18.7 Å². The Labute approximate surface area is 169 Å². The van der Waals surface area contributed by atoms with E-state index in [0.717, 1.165) is 61.4 Å². The predicted octanol–water partition coefficient (Wildman–Crippen LogP) is 3.59. The van der Waals surface area contributed by atoms with Gasteiger partial charge in [-0.2, -0.15) is 0 Å². The molecule has 146 valence electrons. The first-order valence-electron chi connectivity index (χ1n) is 10.1. The van der Waals surface area contributed by atoms with E-state index >= 15 is 0 Å². The first-order valence-corrected chi connectivity index (χ1v) is 10.1. The summed E-state index contributed by atoms with van der Waals surface area (Å²) < 4.78 is 7.49. The topological polar surface area (TPSA) is 46.8 Å². The molecule has 0 aliphatic carbocycles. The summed E-state index contributed by atoms with van der Waals surface area (Å²) in [5.41, 5.74) is 2.09. The van der Waals surface area contributed by atoms with E-state index < -0.39 is 0 Å². The predicted molar refractivity (Wildman–Crippen MR) is 114 cm³/mol. The largest absolute Gasteiger partial charge is 0.379 e. The Kier molecular flexibility index (Phi) is 4.84. The Hall–Kier alpha value is -3.02. The molecule has 1 fully saturated rings. The number of ether oxygens (including phenoxy) is 1. The van der Waals surface area contributed by atoms with Crippen molar-refractivity contribution in [3.8, 4) is 0 Å². The van der Waals surface area contributed by atoms with Crippen LogP contribution >= 0.6 is 0 Å². The van der Waals surface area contributed by atoms with Gasteiger partial charge in [-0.3, -0.25) is 9.69 Å². The van der Waals surface area contributed by atoms with E-state index in [2.05, 4.69) is 9.30 Å². The molecule has 0 bridgehead atoms. The van der Waals surface area contributed by atoms with Crippen LogP contribution in [0.5, 0.6) is 0 Å². The highest BCUT2D eigenvalue weighted by molar-refractivity contribution is 6.18. The Morgan fingerprint density at radius 3 is 2.66 bits per heavy atom. The molecular weight excluding hydrogens is 362 g/mol. The van der Waals surface area contributed by atoms with Crippen molar-refractivity contribution in [1.29, 1.82) is 0 Å². The van der Waals surface area contributed by atoms with Crippen LogP contribution in [0.1, 0.15) is 21.9 Å². The number of carbonyl (C=O) groups is 1. The third-order valence-corrected chi connectivity index (χ3v) is 5.63. The fourth-order valence-electron chi connectivity index (χ4n) is 4.08. The number of ketones is 1. The van der Waals surface area contributed by atoms with Crippen molar-refractivity contribution in [2.24, 2.45) is 0 Å². The first-order chi connectivity index (χ1) is 14.3. The van der Waals surface area contributed by atoms with E-state index in [9.17, 15) is 4.79 Å². The third-order valence-electron chi connectivity index (χ3n) is 5.63. The third kappa shape index (κ3) is 3.43. The number of rotatable bonds is 5. The molecule has 29 heavy (non-hydrogen) atoms. The summed E-state index contributed by atoms with van der Waals surface area (Å²) in [6, 6.07) is 19.8. The zero-order chi connectivity index (χ0) is 19.6. The number of imidazole rings is 1. The summed E-state index contributed by atoms with van der Waals surface area (Å²) in [5.74, 6) is 0.902. The highest BCUT2D eigenvalue weighted by atomic mass is 16.5. The molecule has 0 N–H and O–H groups in total. The molecule has 0 amide bonds. The van der Waals surface area contributed by atoms with Gasteiger partial charge in [0.1, 0.15) is 11.5 Å². The summed E-state index contributed by atoms with van der Waals surface area (Å²) in [6.07, 6.45) is 2.80. The summed E-state index contributed by atoms with van der Waals surface area (Å²) in [5, 5.41) is 2.03. The van der Waals surface area contributed by atoms with Crippen molar-refractivity contribution in [2.45, 2.75) is 6.42 Å². The maximum Gasteiger partial charge on any atom is 0.214 e. The molecule has 4 aromatic rings. The molecule has 0 unspecified atom stereocenters. The smallest absolute Gasteiger partial charge is 0.214 e. The van der Waals surface area contributed by atoms with Gasteiger partial charge in [0.15, 0.2) is 0 Å². The molecular formula is C24H23N3O2. The average molecular weight is 385 g/mol. The van der Waals surface area contributed by atoms with Crippen molar-refractivity contribution in [1.82, 2.24) is 14.3 Å². The van der Waals surface area contributed by atoms with Crippen LogP contribution in [0.25, 0.3) is 16.3 Å². The summed E-state index contributed by atoms with van der Waals surface area (Å²) in [7, 11) is 0. The van der Waals surface area contributed by atoms with Gasteiger partial charge in [-0.05, 0) is 22.9 Å². The number of aromatic nitrogens is 2. The minimum atomic E-state index is -0.0249. The van der Waals surface area contributed by atoms with E-state index in [4.69, 9.17) is 9.72 Å². The van der Waals surface area contributed by atoms with Gasteiger partial charge in [0.25, 0.3) is 0 Å². The number of nitrogens with zero attached hydrogens (tertiary/aromatic N) is 3. The van der Waals surface area contributed by atoms with Crippen molar-refractivity contribution in [2.75, 3.05) is 32.8 Å². The highest BCUT2D eigenvalue weighted by Gasteiger charge is 2.21. The fourth-order valence-corrected chi connectivity index (χ4v) is 4.08. The number of pyridine rings is 1. The average Bonchev–Trinajstić information content (AvgIpc) is 3.16. The van der Waals surface area contributed by atoms with E-state index in [1.165, 1.54) is 0 Å². The van der Waals surface area contributed by atoms with E-state index in [-0.39, 0.29) is 5.78 Å². The quantitative estimate of drug-likeness (QED) is 0.493. The minimum Gasteiger partial charge on any atom is -0.379 e. The molecule has 3 heterocycles. The minimum absolute atomic E-state index is 0.0249. The molecule has 1 aliphatic rings. The maximum absolute atomic E-state index is 13.5. The van der Waals surface area contributed by atoms with Crippen molar-refractivity contribution >= 4 is 22.1 Å². The van der Waals surface area contributed by atoms with Crippen LogP contribution in [0, 0.1) is 0 Å². The molecule has 1 saturated heterocycles. The second-order valence-electron chi connectivity index (χ2n) is 7.39. The monoisotopic (exact) mass is 385 g/mol. The lowest BCUT2D eigenvalue weighted by Crippen LogP contribution is -2.37. The second-order valence-corrected chi connectivity index (χ2v) is 7.39. The van der Waals surface area contributed by atoms with Gasteiger partial charge in [-0.15, -0.1) is 0 Å². The normalized spacial score (nSPS) is 15.2. The number of fused-ring (bicyclic) bond motifs is 2. The molecule has 0 saturated carbocycles. The molecule has 5 heteroatoms. The van der Waals surface area contributed by atoms with E-state index in [1.807, 2.05) is 66.9 Å². The van der Waals surface area contributed by atoms with E-state index in [0.29, 0.717) is 11.3 Å². The number of hydrogen-bond donors (Lipinski definition) is 0. The fraction of sp³-hybridized carbons (Fsp3) is 0.250. The summed E-state index contributed by atoms with van der Waals surface area (Å²) in [4.78, 5) is 20.7. The lowest BCUT2D eigenvalue weighted by atomic mass is 9.99. The number of benzene rings is 2. The van der Waals surface area contributed by atoms with Gasteiger partial charge >= 0.3 is 0 Å². The van der Waals surface area contributed by atoms with Crippen LogP contribution in [0.2, 0.25) is 0 Å². The van der Waals surface area contributed by atoms with Crippen LogP contribution in [0.15, 0.2) is 66.9 Å².